The van der Waals surface area contributed by atoms with Crippen molar-refractivity contribution in [3.8, 4) is 0 Å². The van der Waals surface area contributed by atoms with E-state index in [0.29, 0.717) is 22.1 Å². The lowest BCUT2D eigenvalue weighted by Crippen LogP contribution is -2.25. The van der Waals surface area contributed by atoms with E-state index in [9.17, 15) is 9.59 Å². The minimum Gasteiger partial charge on any atom is -0.294 e. The number of Topliss-reactive ketones (excluding diaryl/α,β-unsaturated/α-hetero) is 1. The molecule has 0 saturated carbocycles. The highest BCUT2D eigenvalue weighted by Gasteiger charge is 2.17. The van der Waals surface area contributed by atoms with Crippen molar-refractivity contribution in [2.45, 2.75) is 33.6 Å². The smallest absolute Gasteiger partial charge is 0.228 e. The number of amides is 1. The van der Waals surface area contributed by atoms with Crippen LogP contribution in [0.15, 0.2) is 0 Å². The van der Waals surface area contributed by atoms with E-state index in [1.165, 1.54) is 23.2 Å². The number of anilines is 1. The Morgan fingerprint density at radius 1 is 1.44 bits per heavy atom. The zero-order valence-electron chi connectivity index (χ0n) is 10.0. The van der Waals surface area contributed by atoms with Crippen molar-refractivity contribution in [1.29, 1.82) is 0 Å². The molecule has 88 valence electrons. The normalized spacial score (nSPS) is 10.2. The maximum absolute atomic E-state index is 11.6. The van der Waals surface area contributed by atoms with Gasteiger partial charge >= 0.3 is 0 Å². The molecule has 0 aliphatic carbocycles. The maximum atomic E-state index is 11.6. The Hall–Kier alpha value is -1.23. The average molecular weight is 240 g/mol. The van der Waals surface area contributed by atoms with Crippen LogP contribution < -0.4 is 4.90 Å². The van der Waals surface area contributed by atoms with Gasteiger partial charge in [0.2, 0.25) is 5.91 Å². The van der Waals surface area contributed by atoms with Crippen LogP contribution in [0.3, 0.4) is 0 Å². The Morgan fingerprint density at radius 3 is 2.50 bits per heavy atom. The summed E-state index contributed by atoms with van der Waals surface area (Å²) in [5, 5.41) is 0.598. The summed E-state index contributed by atoms with van der Waals surface area (Å²) >= 11 is 1.27. The second-order valence-electron chi connectivity index (χ2n) is 3.67. The van der Waals surface area contributed by atoms with Gasteiger partial charge in [0.1, 0.15) is 0 Å². The number of thiazole rings is 1. The summed E-state index contributed by atoms with van der Waals surface area (Å²) in [6.07, 6.45) is 1.32. The number of rotatable bonds is 4. The van der Waals surface area contributed by atoms with E-state index >= 15 is 0 Å². The number of carbonyl (C=O) groups is 2. The summed E-state index contributed by atoms with van der Waals surface area (Å²) in [6, 6.07) is 0. The highest BCUT2D eigenvalue weighted by molar-refractivity contribution is 7.17. The van der Waals surface area contributed by atoms with Crippen molar-refractivity contribution in [3.05, 3.63) is 10.6 Å². The highest BCUT2D eigenvalue weighted by atomic mass is 32.1. The monoisotopic (exact) mass is 240 g/mol. The average Bonchev–Trinajstić information content (AvgIpc) is 2.59. The van der Waals surface area contributed by atoms with Gasteiger partial charge in [-0.3, -0.25) is 14.5 Å². The first-order valence-corrected chi connectivity index (χ1v) is 6.04. The molecule has 0 saturated heterocycles. The van der Waals surface area contributed by atoms with Crippen LogP contribution in [0.2, 0.25) is 0 Å². The lowest BCUT2D eigenvalue weighted by atomic mass is 10.3. The van der Waals surface area contributed by atoms with Crippen molar-refractivity contribution in [2.24, 2.45) is 0 Å². The summed E-state index contributed by atoms with van der Waals surface area (Å²) in [7, 11) is 1.69. The van der Waals surface area contributed by atoms with Gasteiger partial charge in [-0.2, -0.15) is 0 Å². The van der Waals surface area contributed by atoms with Crippen molar-refractivity contribution in [3.63, 3.8) is 0 Å². The predicted octanol–water partition coefficient (Wildman–Crippen LogP) is 2.42. The molecule has 1 amide bonds. The third-order valence-electron chi connectivity index (χ3n) is 2.23. The quantitative estimate of drug-likeness (QED) is 0.759. The van der Waals surface area contributed by atoms with Crippen molar-refractivity contribution in [1.82, 2.24) is 4.98 Å². The molecule has 0 atom stereocenters. The Morgan fingerprint density at radius 2 is 2.06 bits per heavy atom. The lowest BCUT2D eigenvalue weighted by Gasteiger charge is -2.12. The van der Waals surface area contributed by atoms with Gasteiger partial charge < -0.3 is 0 Å². The predicted molar refractivity (Wildman–Crippen MR) is 65.2 cm³/mol. The Labute approximate surface area is 99.3 Å². The molecule has 0 aliphatic rings. The third kappa shape index (κ3) is 2.66. The molecule has 1 aromatic rings. The first-order valence-electron chi connectivity index (χ1n) is 5.22. The van der Waals surface area contributed by atoms with Gasteiger partial charge in [-0.15, -0.1) is 0 Å². The topological polar surface area (TPSA) is 50.3 Å². The molecule has 1 rings (SSSR count). The van der Waals surface area contributed by atoms with E-state index in [1.54, 1.807) is 14.0 Å². The van der Waals surface area contributed by atoms with E-state index < -0.39 is 0 Å². The van der Waals surface area contributed by atoms with Gasteiger partial charge in [0.15, 0.2) is 10.9 Å². The molecule has 4 nitrogen and oxygen atoms in total. The fourth-order valence-electron chi connectivity index (χ4n) is 1.34. The minimum atomic E-state index is -0.00223. The van der Waals surface area contributed by atoms with Crippen molar-refractivity contribution in [2.75, 3.05) is 11.9 Å². The SMILES string of the molecule is CCCC(=O)N(C)c1nc(C)c(C(C)=O)s1. The van der Waals surface area contributed by atoms with Gasteiger partial charge in [-0.25, -0.2) is 4.98 Å². The molecule has 1 heterocycles. The van der Waals surface area contributed by atoms with Crippen molar-refractivity contribution >= 4 is 28.2 Å². The highest BCUT2D eigenvalue weighted by Crippen LogP contribution is 2.26. The lowest BCUT2D eigenvalue weighted by molar-refractivity contribution is -0.118. The van der Waals surface area contributed by atoms with Crippen LogP contribution in [0, 0.1) is 6.92 Å². The van der Waals surface area contributed by atoms with Gasteiger partial charge in [0, 0.05) is 20.4 Å². The molecule has 0 bridgehead atoms. The number of ketones is 1. The Bertz CT molecular complexity index is 412. The Kier molecular flexibility index (Phi) is 4.18. The van der Waals surface area contributed by atoms with Crippen LogP contribution in [0.4, 0.5) is 5.13 Å². The van der Waals surface area contributed by atoms with Gasteiger partial charge in [0.05, 0.1) is 10.6 Å². The molecular formula is C11H16N2O2S. The van der Waals surface area contributed by atoms with Crippen LogP contribution in [-0.2, 0) is 4.79 Å². The first kappa shape index (κ1) is 12.8. The zero-order valence-corrected chi connectivity index (χ0v) is 10.8. The molecule has 0 aliphatic heterocycles. The van der Waals surface area contributed by atoms with Gasteiger partial charge in [0.25, 0.3) is 0 Å². The summed E-state index contributed by atoms with van der Waals surface area (Å²) < 4.78 is 0. The second kappa shape index (κ2) is 5.21. The molecule has 16 heavy (non-hydrogen) atoms. The number of hydrogen-bond donors (Lipinski definition) is 0. The molecule has 0 spiro atoms. The molecule has 0 unspecified atom stereocenters. The Balaban J connectivity index is 2.92. The van der Waals surface area contributed by atoms with E-state index in [4.69, 9.17) is 0 Å². The molecule has 1 aromatic heterocycles. The zero-order chi connectivity index (χ0) is 12.3. The van der Waals surface area contributed by atoms with E-state index in [-0.39, 0.29) is 11.7 Å². The van der Waals surface area contributed by atoms with E-state index in [0.717, 1.165) is 6.42 Å². The minimum absolute atomic E-state index is 0.00223. The molecule has 0 radical (unpaired) electrons. The number of hydrogen-bond acceptors (Lipinski definition) is 4. The van der Waals surface area contributed by atoms with Crippen LogP contribution in [0.1, 0.15) is 42.1 Å². The largest absolute Gasteiger partial charge is 0.294 e. The van der Waals surface area contributed by atoms with Gasteiger partial charge in [-0.1, -0.05) is 18.3 Å². The molecule has 5 heteroatoms. The van der Waals surface area contributed by atoms with Crippen molar-refractivity contribution < 1.29 is 9.59 Å². The van der Waals surface area contributed by atoms with Crippen LogP contribution >= 0.6 is 11.3 Å². The summed E-state index contributed by atoms with van der Waals surface area (Å²) in [4.78, 5) is 29.3. The van der Waals surface area contributed by atoms with Crippen LogP contribution in [0.5, 0.6) is 0 Å². The summed E-state index contributed by atoms with van der Waals surface area (Å²) in [5.41, 5.74) is 0.698. The number of carbonyl (C=O) groups excluding carboxylic acids is 2. The molecule has 0 aromatic carbocycles. The van der Waals surface area contributed by atoms with Crippen LogP contribution in [-0.4, -0.2) is 23.7 Å². The van der Waals surface area contributed by atoms with E-state index in [1.807, 2.05) is 6.92 Å². The maximum Gasteiger partial charge on any atom is 0.228 e. The fourth-order valence-corrected chi connectivity index (χ4v) is 2.28. The molecular weight excluding hydrogens is 224 g/mol. The molecule has 0 fully saturated rings. The van der Waals surface area contributed by atoms with Gasteiger partial charge in [-0.05, 0) is 13.3 Å². The second-order valence-corrected chi connectivity index (χ2v) is 4.65. The first-order chi connectivity index (χ1) is 7.47. The number of aromatic nitrogens is 1. The summed E-state index contributed by atoms with van der Waals surface area (Å²) in [5.74, 6) is 0.0314. The number of nitrogens with zero attached hydrogens (tertiary/aromatic N) is 2. The van der Waals surface area contributed by atoms with E-state index in [2.05, 4.69) is 4.98 Å². The molecule has 0 N–H and O–H groups in total. The van der Waals surface area contributed by atoms with Crippen LogP contribution in [0.25, 0.3) is 0 Å². The summed E-state index contributed by atoms with van der Waals surface area (Å²) in [6.45, 7) is 5.26. The third-order valence-corrected chi connectivity index (χ3v) is 3.56. The standard InChI is InChI=1S/C11H16N2O2S/c1-5-6-9(15)13(4)11-12-7(2)10(16-11)8(3)14/h5-6H2,1-4H3. The fraction of sp³-hybridized carbons (Fsp3) is 0.545. The number of aryl methyl sites for hydroxylation is 1.